The molecule has 0 amide bonds. The highest BCUT2D eigenvalue weighted by atomic mass is 32.5. The van der Waals surface area contributed by atoms with Gasteiger partial charge in [-0.1, -0.05) is 0 Å². The Labute approximate surface area is 147 Å². The van der Waals surface area contributed by atoms with E-state index in [1.807, 2.05) is 4.98 Å². The Hall–Kier alpha value is -1.23. The second-order valence-corrected chi connectivity index (χ2v) is 8.79. The SMILES string of the molecule is C=N[C@@]12COP(=S)(OC(C)C)O[C@H]1[C@@H](F)[C@H](n1ccc(=O)[nH]c1=O)O2. The fraction of sp³-hybridized carbons (Fsp3) is 0.615. The fourth-order valence-electron chi connectivity index (χ4n) is 2.66. The molecule has 1 aromatic heterocycles. The summed E-state index contributed by atoms with van der Waals surface area (Å²) >= 11 is 5.25. The van der Waals surface area contributed by atoms with Crippen LogP contribution in [0.3, 0.4) is 0 Å². The van der Waals surface area contributed by atoms with Crippen molar-refractivity contribution in [3.05, 3.63) is 33.1 Å². The number of nitrogens with zero attached hydrogens (tertiary/aromatic N) is 2. The van der Waals surface area contributed by atoms with Gasteiger partial charge in [0.05, 0.1) is 6.10 Å². The Morgan fingerprint density at radius 1 is 1.60 bits per heavy atom. The molecule has 25 heavy (non-hydrogen) atoms. The standard InChI is InChI=1S/C13H17FN3O6PS/c1-7(2)22-24(25)20-6-13(15-3)10(23-24)9(14)11(21-13)17-5-4-8(18)16-12(17)19/h4-5,7,9-11H,3,6H2,1-2H3,(H,16,18,19)/t9-,10+,11-,13-,24?/m1/s1. The minimum absolute atomic E-state index is 0.222. The molecule has 3 rings (SSSR count). The maximum Gasteiger partial charge on any atom is 0.330 e. The van der Waals surface area contributed by atoms with Crippen LogP contribution in [0, 0.1) is 0 Å². The van der Waals surface area contributed by atoms with E-state index in [1.54, 1.807) is 13.8 Å². The lowest BCUT2D eigenvalue weighted by molar-refractivity contribution is -0.136. The van der Waals surface area contributed by atoms with Crippen molar-refractivity contribution in [2.45, 2.75) is 44.2 Å². The van der Waals surface area contributed by atoms with Gasteiger partial charge in [-0.15, -0.1) is 0 Å². The summed E-state index contributed by atoms with van der Waals surface area (Å²) in [4.78, 5) is 29.0. The zero-order valence-corrected chi connectivity index (χ0v) is 15.2. The number of alkyl halides is 1. The van der Waals surface area contributed by atoms with E-state index >= 15 is 4.39 Å². The predicted molar refractivity (Wildman–Crippen MR) is 90.0 cm³/mol. The van der Waals surface area contributed by atoms with Crippen LogP contribution in [0.15, 0.2) is 26.8 Å². The fourth-order valence-corrected chi connectivity index (χ4v) is 5.20. The van der Waals surface area contributed by atoms with Crippen LogP contribution in [0.2, 0.25) is 0 Å². The van der Waals surface area contributed by atoms with Gasteiger partial charge >= 0.3 is 12.4 Å². The average molecular weight is 393 g/mol. The largest absolute Gasteiger partial charge is 0.330 e. The van der Waals surface area contributed by atoms with E-state index in [-0.39, 0.29) is 12.7 Å². The van der Waals surface area contributed by atoms with Gasteiger partial charge in [0.2, 0.25) is 5.72 Å². The molecule has 1 aromatic rings. The normalized spacial score (nSPS) is 37.8. The summed E-state index contributed by atoms with van der Waals surface area (Å²) in [7, 11) is 0. The number of ether oxygens (including phenoxy) is 1. The van der Waals surface area contributed by atoms with E-state index < -0.39 is 42.2 Å². The number of hydrogen-bond donors (Lipinski definition) is 1. The zero-order chi connectivity index (χ0) is 18.4. The van der Waals surface area contributed by atoms with Crippen molar-refractivity contribution in [3.8, 4) is 0 Å². The predicted octanol–water partition coefficient (Wildman–Crippen LogP) is 0.865. The minimum atomic E-state index is -3.19. The van der Waals surface area contributed by atoms with E-state index in [1.165, 1.54) is 0 Å². The number of H-pyrrole nitrogens is 1. The van der Waals surface area contributed by atoms with Crippen LogP contribution < -0.4 is 11.2 Å². The second kappa shape index (κ2) is 6.49. The molecule has 0 aliphatic carbocycles. The van der Waals surface area contributed by atoms with Crippen molar-refractivity contribution >= 4 is 25.2 Å². The van der Waals surface area contributed by atoms with Gasteiger partial charge in [-0.3, -0.25) is 23.9 Å². The Kier molecular flexibility index (Phi) is 4.82. The minimum Gasteiger partial charge on any atom is -0.322 e. The molecule has 2 aliphatic rings. The lowest BCUT2D eigenvalue weighted by atomic mass is 10.1. The summed E-state index contributed by atoms with van der Waals surface area (Å²) in [6.45, 7) is 3.49. The highest BCUT2D eigenvalue weighted by Crippen LogP contribution is 2.60. The molecule has 3 heterocycles. The summed E-state index contributed by atoms with van der Waals surface area (Å²) in [6, 6.07) is 1.08. The first-order chi connectivity index (χ1) is 11.7. The monoisotopic (exact) mass is 393 g/mol. The molecule has 0 saturated carbocycles. The van der Waals surface area contributed by atoms with Crippen molar-refractivity contribution in [2.24, 2.45) is 4.99 Å². The average Bonchev–Trinajstić information content (AvgIpc) is 2.80. The Morgan fingerprint density at radius 3 is 2.92 bits per heavy atom. The number of nitrogens with one attached hydrogen (secondary N) is 1. The van der Waals surface area contributed by atoms with E-state index in [2.05, 4.69) is 11.7 Å². The quantitative estimate of drug-likeness (QED) is 0.598. The van der Waals surface area contributed by atoms with E-state index in [9.17, 15) is 9.59 Å². The summed E-state index contributed by atoms with van der Waals surface area (Å²) in [5, 5.41) is 0. The van der Waals surface area contributed by atoms with Gasteiger partial charge in [0.1, 0.15) is 6.61 Å². The number of fused-ring (bicyclic) bond motifs is 1. The van der Waals surface area contributed by atoms with Gasteiger partial charge < -0.3 is 13.8 Å². The molecule has 9 nitrogen and oxygen atoms in total. The molecule has 1 N–H and O–H groups in total. The van der Waals surface area contributed by atoms with Crippen LogP contribution in [0.4, 0.5) is 4.39 Å². The lowest BCUT2D eigenvalue weighted by Crippen LogP contribution is -2.48. The van der Waals surface area contributed by atoms with Crippen LogP contribution >= 0.6 is 6.72 Å². The van der Waals surface area contributed by atoms with Crippen LogP contribution in [0.5, 0.6) is 0 Å². The Morgan fingerprint density at radius 2 is 2.32 bits per heavy atom. The summed E-state index contributed by atoms with van der Waals surface area (Å²) in [5.41, 5.74) is -3.00. The molecule has 0 aromatic carbocycles. The third-order valence-corrected chi connectivity index (χ3v) is 6.18. The molecule has 0 spiro atoms. The number of aromatic nitrogens is 2. The summed E-state index contributed by atoms with van der Waals surface area (Å²) in [6.07, 6.45) is -3.60. The number of hydrogen-bond acceptors (Lipinski definition) is 8. The molecular formula is C13H17FN3O6PS. The van der Waals surface area contributed by atoms with Crippen LogP contribution in [0.25, 0.3) is 0 Å². The number of rotatable bonds is 4. The van der Waals surface area contributed by atoms with E-state index in [0.29, 0.717) is 0 Å². The molecule has 5 atom stereocenters. The van der Waals surface area contributed by atoms with Gasteiger partial charge in [-0.05, 0) is 32.4 Å². The van der Waals surface area contributed by atoms with Gasteiger partial charge in [-0.2, -0.15) is 0 Å². The van der Waals surface area contributed by atoms with Crippen LogP contribution in [-0.2, 0) is 30.1 Å². The van der Waals surface area contributed by atoms with Gasteiger partial charge in [0.15, 0.2) is 18.5 Å². The Bertz CT molecular complexity index is 844. The van der Waals surface area contributed by atoms with Gasteiger partial charge in [0.25, 0.3) is 5.56 Å². The maximum atomic E-state index is 15.1. The first-order valence-corrected chi connectivity index (χ1v) is 9.98. The van der Waals surface area contributed by atoms with Crippen LogP contribution in [0.1, 0.15) is 20.1 Å². The topological polar surface area (TPSA) is 104 Å². The Balaban J connectivity index is 1.96. The molecule has 138 valence electrons. The first-order valence-electron chi connectivity index (χ1n) is 7.42. The van der Waals surface area contributed by atoms with Gasteiger partial charge in [-0.25, -0.2) is 9.18 Å². The van der Waals surface area contributed by atoms with Crippen molar-refractivity contribution in [3.63, 3.8) is 0 Å². The van der Waals surface area contributed by atoms with E-state index in [0.717, 1.165) is 16.8 Å². The van der Waals surface area contributed by atoms with E-state index in [4.69, 9.17) is 30.1 Å². The molecular weight excluding hydrogens is 376 g/mol. The van der Waals surface area contributed by atoms with Crippen molar-refractivity contribution in [2.75, 3.05) is 6.61 Å². The molecule has 1 unspecified atom stereocenters. The zero-order valence-electron chi connectivity index (χ0n) is 13.5. The smallest absolute Gasteiger partial charge is 0.322 e. The maximum absolute atomic E-state index is 15.1. The van der Waals surface area contributed by atoms with Crippen molar-refractivity contribution in [1.82, 2.24) is 9.55 Å². The highest BCUT2D eigenvalue weighted by molar-refractivity contribution is 8.07. The first kappa shape index (κ1) is 18.6. The number of aromatic amines is 1. The van der Waals surface area contributed by atoms with Crippen LogP contribution in [-0.4, -0.2) is 47.0 Å². The van der Waals surface area contributed by atoms with Crippen molar-refractivity contribution < 1.29 is 22.7 Å². The van der Waals surface area contributed by atoms with Gasteiger partial charge in [0, 0.05) is 12.3 Å². The van der Waals surface area contributed by atoms with Crippen molar-refractivity contribution in [1.29, 1.82) is 0 Å². The summed E-state index contributed by atoms with van der Waals surface area (Å²) in [5.74, 6) is 0. The molecule has 12 heteroatoms. The lowest BCUT2D eigenvalue weighted by Gasteiger charge is -2.39. The molecule has 2 saturated heterocycles. The third-order valence-electron chi connectivity index (χ3n) is 3.74. The molecule has 2 aliphatic heterocycles. The number of halogens is 1. The second-order valence-electron chi connectivity index (χ2n) is 5.87. The molecule has 2 fully saturated rings. The summed E-state index contributed by atoms with van der Waals surface area (Å²) < 4.78 is 38.2. The molecule has 0 bridgehead atoms. The number of aliphatic imine (C=N–C) groups is 1. The molecule has 0 radical (unpaired) electrons. The third kappa shape index (κ3) is 3.27. The highest BCUT2D eigenvalue weighted by Gasteiger charge is 2.62.